The highest BCUT2D eigenvalue weighted by molar-refractivity contribution is 7.17. The zero-order chi connectivity index (χ0) is 21.0. The number of hydrogen-bond acceptors (Lipinski definition) is 7. The average Bonchev–Trinajstić information content (AvgIpc) is 3.04. The van der Waals surface area contributed by atoms with Crippen molar-refractivity contribution in [2.24, 2.45) is 0 Å². The van der Waals surface area contributed by atoms with Crippen molar-refractivity contribution < 1.29 is 19.2 Å². The van der Waals surface area contributed by atoms with E-state index in [4.69, 9.17) is 4.74 Å². The average molecular weight is 417 g/mol. The lowest BCUT2D eigenvalue weighted by molar-refractivity contribution is -0.384. The monoisotopic (exact) mass is 417 g/mol. The van der Waals surface area contributed by atoms with Crippen molar-refractivity contribution in [2.75, 3.05) is 25.5 Å². The second-order valence-corrected chi connectivity index (χ2v) is 7.98. The van der Waals surface area contributed by atoms with Crippen LogP contribution in [-0.2, 0) is 28.9 Å². The van der Waals surface area contributed by atoms with Crippen molar-refractivity contribution in [1.29, 1.82) is 0 Å². The van der Waals surface area contributed by atoms with E-state index in [1.54, 1.807) is 12.1 Å². The Bertz CT molecular complexity index is 923. The zero-order valence-electron chi connectivity index (χ0n) is 16.4. The number of thiophene rings is 1. The lowest BCUT2D eigenvalue weighted by Gasteiger charge is -2.26. The third kappa shape index (κ3) is 4.80. The van der Waals surface area contributed by atoms with E-state index < -0.39 is 10.9 Å². The van der Waals surface area contributed by atoms with Gasteiger partial charge in [0.1, 0.15) is 5.00 Å². The van der Waals surface area contributed by atoms with Gasteiger partial charge in [-0.3, -0.25) is 19.8 Å². The number of nitro groups is 1. The number of methoxy groups -OCH3 is 1. The maximum absolute atomic E-state index is 12.5. The minimum absolute atomic E-state index is 0.0234. The number of anilines is 1. The minimum Gasteiger partial charge on any atom is -0.465 e. The number of fused-ring (bicyclic) bond motifs is 1. The van der Waals surface area contributed by atoms with E-state index in [0.717, 1.165) is 42.9 Å². The van der Waals surface area contributed by atoms with Gasteiger partial charge in [0.15, 0.2) is 0 Å². The van der Waals surface area contributed by atoms with Gasteiger partial charge >= 0.3 is 5.97 Å². The van der Waals surface area contributed by atoms with E-state index in [-0.39, 0.29) is 18.0 Å². The van der Waals surface area contributed by atoms with Gasteiger partial charge in [-0.05, 0) is 30.5 Å². The summed E-state index contributed by atoms with van der Waals surface area (Å²) in [4.78, 5) is 38.6. The van der Waals surface area contributed by atoms with Gasteiger partial charge in [0.05, 0.1) is 24.0 Å². The molecule has 0 saturated carbocycles. The summed E-state index contributed by atoms with van der Waals surface area (Å²) in [7, 11) is 1.33. The topological polar surface area (TPSA) is 102 Å². The first-order valence-corrected chi connectivity index (χ1v) is 10.2. The number of amides is 1. The lowest BCUT2D eigenvalue weighted by atomic mass is 10.0. The molecule has 0 radical (unpaired) electrons. The summed E-state index contributed by atoms with van der Waals surface area (Å²) < 4.78 is 4.95. The Balaban J connectivity index is 1.78. The van der Waals surface area contributed by atoms with Crippen molar-refractivity contribution in [3.63, 3.8) is 0 Å². The summed E-state index contributed by atoms with van der Waals surface area (Å²) in [5, 5.41) is 14.1. The highest BCUT2D eigenvalue weighted by atomic mass is 32.1. The Morgan fingerprint density at radius 3 is 2.66 bits per heavy atom. The standard InChI is InChI=1S/C20H23N3O5S/c1-3-9-22-10-8-15-16(12-22)29-19(18(15)20(25)28-2)21-17(24)11-13-4-6-14(7-5-13)23(26)27/h4-7H,3,8-12H2,1-2H3,(H,21,24). The second kappa shape index (κ2) is 9.15. The third-order valence-corrected chi connectivity index (χ3v) is 5.96. The molecule has 2 heterocycles. The molecule has 0 saturated heterocycles. The van der Waals surface area contributed by atoms with Crippen LogP contribution in [0.5, 0.6) is 0 Å². The molecule has 0 unspecified atom stereocenters. The van der Waals surface area contributed by atoms with Crippen molar-refractivity contribution >= 4 is 33.9 Å². The molecule has 1 aliphatic heterocycles. The molecule has 0 atom stereocenters. The first-order valence-electron chi connectivity index (χ1n) is 9.41. The molecule has 29 heavy (non-hydrogen) atoms. The molecule has 1 aromatic carbocycles. The van der Waals surface area contributed by atoms with Crippen LogP contribution in [0, 0.1) is 10.1 Å². The fourth-order valence-electron chi connectivity index (χ4n) is 3.46. The lowest BCUT2D eigenvalue weighted by Crippen LogP contribution is -2.30. The van der Waals surface area contributed by atoms with Gasteiger partial charge in [-0.25, -0.2) is 4.79 Å². The van der Waals surface area contributed by atoms with E-state index in [1.807, 2.05) is 0 Å². The molecule has 3 rings (SSSR count). The van der Waals surface area contributed by atoms with Crippen molar-refractivity contribution in [2.45, 2.75) is 32.7 Å². The fourth-order valence-corrected chi connectivity index (χ4v) is 4.76. The Hall–Kier alpha value is -2.78. The van der Waals surface area contributed by atoms with Crippen molar-refractivity contribution in [3.05, 3.63) is 55.9 Å². The van der Waals surface area contributed by atoms with Crippen LogP contribution in [-0.4, -0.2) is 41.9 Å². The van der Waals surface area contributed by atoms with Gasteiger partial charge in [-0.15, -0.1) is 11.3 Å². The maximum atomic E-state index is 12.5. The van der Waals surface area contributed by atoms with Gasteiger partial charge in [0, 0.05) is 30.1 Å². The molecule has 1 aliphatic rings. The predicted molar refractivity (Wildman–Crippen MR) is 110 cm³/mol. The van der Waals surface area contributed by atoms with Gasteiger partial charge in [0.25, 0.3) is 5.69 Å². The summed E-state index contributed by atoms with van der Waals surface area (Å²) >= 11 is 1.42. The summed E-state index contributed by atoms with van der Waals surface area (Å²) in [5.74, 6) is -0.731. The number of carbonyl (C=O) groups excluding carboxylic acids is 2. The third-order valence-electron chi connectivity index (χ3n) is 4.83. The highest BCUT2D eigenvalue weighted by Crippen LogP contribution is 2.37. The molecule has 1 N–H and O–H groups in total. The summed E-state index contributed by atoms with van der Waals surface area (Å²) in [5.41, 5.74) is 2.04. The smallest absolute Gasteiger partial charge is 0.341 e. The number of esters is 1. The molecule has 8 nitrogen and oxygen atoms in total. The maximum Gasteiger partial charge on any atom is 0.341 e. The largest absolute Gasteiger partial charge is 0.465 e. The molecule has 154 valence electrons. The van der Waals surface area contributed by atoms with Crippen LogP contribution in [0.4, 0.5) is 10.7 Å². The summed E-state index contributed by atoms with van der Waals surface area (Å²) in [6, 6.07) is 5.85. The van der Waals surface area contributed by atoms with Crippen LogP contribution in [0.2, 0.25) is 0 Å². The second-order valence-electron chi connectivity index (χ2n) is 6.87. The van der Waals surface area contributed by atoms with E-state index in [1.165, 1.54) is 30.6 Å². The number of nitro benzene ring substituents is 1. The fraction of sp³-hybridized carbons (Fsp3) is 0.400. The predicted octanol–water partition coefficient (Wildman–Crippen LogP) is 3.39. The molecule has 1 amide bonds. The molecule has 1 aromatic heterocycles. The zero-order valence-corrected chi connectivity index (χ0v) is 17.2. The first-order chi connectivity index (χ1) is 13.9. The number of nitrogens with one attached hydrogen (secondary N) is 1. The SMILES string of the molecule is CCCN1CCc2c(sc(NC(=O)Cc3ccc([N+](=O)[O-])cc3)c2C(=O)OC)C1. The van der Waals surface area contributed by atoms with Gasteiger partial charge < -0.3 is 10.1 Å². The number of carbonyl (C=O) groups is 2. The Morgan fingerprint density at radius 1 is 1.31 bits per heavy atom. The van der Waals surface area contributed by atoms with Crippen LogP contribution in [0.3, 0.4) is 0 Å². The Kier molecular flexibility index (Phi) is 6.60. The van der Waals surface area contributed by atoms with E-state index in [2.05, 4.69) is 17.1 Å². The van der Waals surface area contributed by atoms with Crippen LogP contribution in [0.25, 0.3) is 0 Å². The van der Waals surface area contributed by atoms with E-state index in [0.29, 0.717) is 16.1 Å². The van der Waals surface area contributed by atoms with E-state index >= 15 is 0 Å². The van der Waals surface area contributed by atoms with E-state index in [9.17, 15) is 19.7 Å². The molecule has 0 aliphatic carbocycles. The first kappa shape index (κ1) is 20.9. The minimum atomic E-state index is -0.482. The molecule has 2 aromatic rings. The number of hydrogen-bond donors (Lipinski definition) is 1. The normalized spacial score (nSPS) is 13.6. The van der Waals surface area contributed by atoms with Gasteiger partial charge in [0.2, 0.25) is 5.91 Å². The van der Waals surface area contributed by atoms with Crippen LogP contribution in [0.1, 0.15) is 39.7 Å². The van der Waals surface area contributed by atoms with Crippen molar-refractivity contribution in [3.8, 4) is 0 Å². The summed E-state index contributed by atoms with van der Waals surface area (Å²) in [6.45, 7) is 4.76. The number of ether oxygens (including phenoxy) is 1. The number of non-ortho nitro benzene ring substituents is 1. The molecular formula is C20H23N3O5S. The number of rotatable bonds is 7. The highest BCUT2D eigenvalue weighted by Gasteiger charge is 2.29. The van der Waals surface area contributed by atoms with Crippen molar-refractivity contribution in [1.82, 2.24) is 4.90 Å². The molecule has 9 heteroatoms. The molecule has 0 fully saturated rings. The Labute approximate surface area is 172 Å². The van der Waals surface area contributed by atoms with Crippen LogP contribution < -0.4 is 5.32 Å². The number of benzene rings is 1. The number of nitrogens with zero attached hydrogens (tertiary/aromatic N) is 2. The van der Waals surface area contributed by atoms with Crippen LogP contribution in [0.15, 0.2) is 24.3 Å². The van der Waals surface area contributed by atoms with Gasteiger partial charge in [-0.1, -0.05) is 19.1 Å². The molecular weight excluding hydrogens is 394 g/mol. The molecule has 0 bridgehead atoms. The summed E-state index contributed by atoms with van der Waals surface area (Å²) in [6.07, 6.45) is 1.86. The molecule has 0 spiro atoms. The quantitative estimate of drug-likeness (QED) is 0.421. The van der Waals surface area contributed by atoms with Gasteiger partial charge in [-0.2, -0.15) is 0 Å². The van der Waals surface area contributed by atoms with Crippen LogP contribution >= 0.6 is 11.3 Å². The Morgan fingerprint density at radius 2 is 2.03 bits per heavy atom.